The molecular formula is C25H23ClF3N3O. The van der Waals surface area contributed by atoms with Gasteiger partial charge in [-0.15, -0.1) is 0 Å². The fraction of sp³-hybridized carbons (Fsp3) is 0.280. The van der Waals surface area contributed by atoms with E-state index in [2.05, 4.69) is 4.98 Å². The number of hydrogen-bond acceptors (Lipinski definition) is 2. The van der Waals surface area contributed by atoms with Crippen LogP contribution < -0.4 is 4.90 Å². The molecule has 0 bridgehead atoms. The second kappa shape index (κ2) is 8.71. The van der Waals surface area contributed by atoms with Crippen LogP contribution in [0.25, 0.3) is 0 Å². The Morgan fingerprint density at radius 3 is 2.36 bits per heavy atom. The molecule has 2 aromatic carbocycles. The topological polar surface area (TPSA) is 36.4 Å². The molecule has 0 fully saturated rings. The maximum atomic E-state index is 13.9. The highest BCUT2D eigenvalue weighted by molar-refractivity contribution is 6.30. The first-order chi connectivity index (χ1) is 15.7. The zero-order valence-corrected chi connectivity index (χ0v) is 19.0. The number of carbonyl (C=O) groups excluding carboxylic acids is 1. The summed E-state index contributed by atoms with van der Waals surface area (Å²) in [4.78, 5) is 20.1. The lowest BCUT2D eigenvalue weighted by Gasteiger charge is -2.52. The van der Waals surface area contributed by atoms with E-state index < -0.39 is 24.3 Å². The highest BCUT2D eigenvalue weighted by atomic mass is 35.5. The first-order valence-electron chi connectivity index (χ1n) is 10.6. The third kappa shape index (κ3) is 4.17. The summed E-state index contributed by atoms with van der Waals surface area (Å²) in [5, 5.41) is 0.394. The lowest BCUT2D eigenvalue weighted by molar-refractivity contribution is -0.149. The third-order valence-corrected chi connectivity index (χ3v) is 6.38. The number of aryl methyl sites for hydroxylation is 1. The van der Waals surface area contributed by atoms with Crippen molar-refractivity contribution in [2.24, 2.45) is 0 Å². The number of anilines is 1. The monoisotopic (exact) mass is 473 g/mol. The molecule has 3 aromatic rings. The number of halogens is 4. The van der Waals surface area contributed by atoms with E-state index in [1.807, 2.05) is 19.1 Å². The van der Waals surface area contributed by atoms with Crippen molar-refractivity contribution in [3.05, 3.63) is 94.3 Å². The van der Waals surface area contributed by atoms with E-state index in [4.69, 9.17) is 11.6 Å². The Hall–Kier alpha value is -3.06. The quantitative estimate of drug-likeness (QED) is 0.413. The number of nitrogens with zero attached hydrogens (tertiary/aromatic N) is 3. The van der Waals surface area contributed by atoms with Crippen molar-refractivity contribution in [2.75, 3.05) is 11.4 Å². The Labute approximate surface area is 195 Å². The second-order valence-corrected chi connectivity index (χ2v) is 8.55. The van der Waals surface area contributed by atoms with Crippen LogP contribution in [0.3, 0.4) is 0 Å². The highest BCUT2D eigenvalue weighted by Crippen LogP contribution is 2.50. The number of alkyl halides is 3. The number of rotatable bonds is 5. The van der Waals surface area contributed by atoms with Gasteiger partial charge in [0.25, 0.3) is 0 Å². The minimum Gasteiger partial charge on any atom is -0.301 e. The van der Waals surface area contributed by atoms with Crippen molar-refractivity contribution in [1.29, 1.82) is 0 Å². The molecule has 0 N–H and O–H groups in total. The van der Waals surface area contributed by atoms with Crippen LogP contribution in [0.1, 0.15) is 35.6 Å². The molecule has 0 aliphatic carbocycles. The molecule has 8 heteroatoms. The Morgan fingerprint density at radius 1 is 1.03 bits per heavy atom. The van der Waals surface area contributed by atoms with Gasteiger partial charge in [0.1, 0.15) is 6.54 Å². The number of benzene rings is 2. The van der Waals surface area contributed by atoms with E-state index in [0.717, 1.165) is 16.0 Å². The molecule has 1 atom stereocenters. The Kier molecular flexibility index (Phi) is 6.10. The molecule has 1 aliphatic heterocycles. The van der Waals surface area contributed by atoms with Gasteiger partial charge in [-0.1, -0.05) is 42.8 Å². The minimum absolute atomic E-state index is 0.109. The molecule has 0 saturated carbocycles. The van der Waals surface area contributed by atoms with Crippen LogP contribution in [0.4, 0.5) is 23.7 Å². The van der Waals surface area contributed by atoms with Gasteiger partial charge in [0.05, 0.1) is 17.8 Å². The Bertz CT molecular complexity index is 1170. The average Bonchev–Trinajstić information content (AvgIpc) is 2.78. The van der Waals surface area contributed by atoms with Gasteiger partial charge in [-0.3, -0.25) is 9.88 Å². The summed E-state index contributed by atoms with van der Waals surface area (Å²) < 4.78 is 41.6. The first kappa shape index (κ1) is 23.1. The zero-order chi connectivity index (χ0) is 23.8. The zero-order valence-electron chi connectivity index (χ0n) is 18.2. The van der Waals surface area contributed by atoms with Crippen molar-refractivity contribution in [3.63, 3.8) is 0 Å². The van der Waals surface area contributed by atoms with Crippen molar-refractivity contribution < 1.29 is 18.0 Å². The molecule has 0 radical (unpaired) electrons. The average molecular weight is 474 g/mol. The fourth-order valence-electron chi connectivity index (χ4n) is 4.74. The number of amides is 2. The van der Waals surface area contributed by atoms with Gasteiger partial charge in [-0.05, 0) is 60.4 Å². The summed E-state index contributed by atoms with van der Waals surface area (Å²) in [5.41, 5.74) is 2.00. The molecule has 4 nitrogen and oxygen atoms in total. The third-order valence-electron chi connectivity index (χ3n) is 6.15. The number of carbonyl (C=O) groups is 1. The van der Waals surface area contributed by atoms with Crippen LogP contribution in [-0.4, -0.2) is 28.6 Å². The molecule has 4 rings (SSSR count). The largest absolute Gasteiger partial charge is 0.406 e. The number of aromatic nitrogens is 1. The van der Waals surface area contributed by atoms with Crippen LogP contribution in [0.15, 0.2) is 67.0 Å². The maximum Gasteiger partial charge on any atom is 0.406 e. The van der Waals surface area contributed by atoms with E-state index in [0.29, 0.717) is 21.8 Å². The van der Waals surface area contributed by atoms with E-state index in [1.54, 1.807) is 61.8 Å². The van der Waals surface area contributed by atoms with E-state index >= 15 is 0 Å². The molecular weight excluding hydrogens is 451 g/mol. The van der Waals surface area contributed by atoms with Crippen LogP contribution in [0.2, 0.25) is 5.02 Å². The van der Waals surface area contributed by atoms with Gasteiger partial charge in [0.15, 0.2) is 0 Å². The molecule has 2 amide bonds. The summed E-state index contributed by atoms with van der Waals surface area (Å²) >= 11 is 6.36. The molecule has 0 spiro atoms. The van der Waals surface area contributed by atoms with E-state index in [9.17, 15) is 18.0 Å². The predicted molar refractivity (Wildman–Crippen MR) is 122 cm³/mol. The molecule has 2 heterocycles. The van der Waals surface area contributed by atoms with Gasteiger partial charge in [0.2, 0.25) is 0 Å². The molecule has 1 unspecified atom stereocenters. The summed E-state index contributed by atoms with van der Waals surface area (Å²) in [6.07, 6.45) is -1.17. The Balaban J connectivity index is 2.01. The van der Waals surface area contributed by atoms with Crippen LogP contribution in [-0.2, 0) is 12.1 Å². The van der Waals surface area contributed by atoms with Crippen LogP contribution in [0, 0.1) is 6.92 Å². The van der Waals surface area contributed by atoms with Gasteiger partial charge < -0.3 is 4.90 Å². The SMILES string of the molecule is CCC1(c2ccccc2C)c2cc(Cl)ccc2N(Cc2ccncc2)C(=O)N1CC(F)(F)F. The summed E-state index contributed by atoms with van der Waals surface area (Å²) in [6, 6.07) is 15.1. The summed E-state index contributed by atoms with van der Waals surface area (Å²) in [5.74, 6) is 0. The van der Waals surface area contributed by atoms with Gasteiger partial charge in [-0.25, -0.2) is 4.79 Å². The number of pyridine rings is 1. The smallest absolute Gasteiger partial charge is 0.301 e. The standard InChI is InChI=1S/C25H23ClF3N3O/c1-3-24(20-7-5-4-6-17(20)2)21-14-19(26)8-9-22(21)31(15-18-10-12-30-13-11-18)23(33)32(24)16-25(27,28)29/h4-14H,3,15-16H2,1-2H3. The van der Waals surface area contributed by atoms with Crippen LogP contribution in [0.5, 0.6) is 0 Å². The van der Waals surface area contributed by atoms with Gasteiger partial charge in [-0.2, -0.15) is 13.2 Å². The van der Waals surface area contributed by atoms with Crippen LogP contribution >= 0.6 is 11.6 Å². The molecule has 172 valence electrons. The Morgan fingerprint density at radius 2 is 1.73 bits per heavy atom. The molecule has 33 heavy (non-hydrogen) atoms. The van der Waals surface area contributed by atoms with Crippen molar-refractivity contribution in [2.45, 2.75) is 38.5 Å². The molecule has 1 aromatic heterocycles. The van der Waals surface area contributed by atoms with Gasteiger partial charge in [0, 0.05) is 23.0 Å². The summed E-state index contributed by atoms with van der Waals surface area (Å²) in [7, 11) is 0. The number of fused-ring (bicyclic) bond motifs is 1. The minimum atomic E-state index is -4.59. The number of hydrogen-bond donors (Lipinski definition) is 0. The van der Waals surface area contributed by atoms with Crippen molar-refractivity contribution in [3.8, 4) is 0 Å². The lowest BCUT2D eigenvalue weighted by Crippen LogP contribution is -2.61. The number of urea groups is 1. The van der Waals surface area contributed by atoms with Gasteiger partial charge >= 0.3 is 12.2 Å². The fourth-order valence-corrected chi connectivity index (χ4v) is 4.91. The predicted octanol–water partition coefficient (Wildman–Crippen LogP) is 6.70. The summed E-state index contributed by atoms with van der Waals surface area (Å²) in [6.45, 7) is 2.37. The lowest BCUT2D eigenvalue weighted by atomic mass is 9.75. The highest BCUT2D eigenvalue weighted by Gasteiger charge is 2.53. The van der Waals surface area contributed by atoms with E-state index in [-0.39, 0.29) is 13.0 Å². The normalized spacial score (nSPS) is 18.4. The van der Waals surface area contributed by atoms with Crippen molar-refractivity contribution >= 4 is 23.3 Å². The maximum absolute atomic E-state index is 13.9. The first-order valence-corrected chi connectivity index (χ1v) is 11.0. The second-order valence-electron chi connectivity index (χ2n) is 8.12. The van der Waals surface area contributed by atoms with Crippen molar-refractivity contribution in [1.82, 2.24) is 9.88 Å². The molecule has 1 aliphatic rings. The molecule has 0 saturated heterocycles. The van der Waals surface area contributed by atoms with E-state index in [1.165, 1.54) is 4.90 Å².